The molecule has 5 rings (SSSR count). The zero-order valence-electron chi connectivity index (χ0n) is 19.4. The first-order chi connectivity index (χ1) is 16.5. The molecule has 1 aromatic heterocycles. The topological polar surface area (TPSA) is 149 Å². The van der Waals surface area contributed by atoms with Gasteiger partial charge >= 0.3 is 0 Å². The molecule has 4 N–H and O–H groups in total. The molecule has 0 spiro atoms. The third-order valence-electron chi connectivity index (χ3n) is 7.54. The molecule has 0 saturated heterocycles. The summed E-state index contributed by atoms with van der Waals surface area (Å²) in [5.41, 5.74) is -1.38. The van der Waals surface area contributed by atoms with Gasteiger partial charge in [0.2, 0.25) is 5.78 Å². The number of carbonyl (C=O) groups excluding carboxylic acids is 3. The van der Waals surface area contributed by atoms with E-state index in [2.05, 4.69) is 0 Å². The smallest absolute Gasteiger partial charge is 0.209 e. The highest BCUT2D eigenvalue weighted by Crippen LogP contribution is 2.53. The van der Waals surface area contributed by atoms with E-state index >= 15 is 0 Å². The van der Waals surface area contributed by atoms with E-state index < -0.39 is 57.9 Å². The summed E-state index contributed by atoms with van der Waals surface area (Å²) in [7, 11) is 3.25. The molecule has 0 saturated carbocycles. The van der Waals surface area contributed by atoms with Crippen LogP contribution in [-0.4, -0.2) is 68.4 Å². The minimum Gasteiger partial charge on any atom is -0.510 e. The standard InChI is InChI=1S/C26H25NO8/c1-11(28)18-23(31)21(27(2)3)16-9-13-8-15-14(12-6-7-35-10-12)4-5-17(29)20(15)22(30)19(13)25(33)26(16,34)24(18)32/h4-7,10,13,16,21,29,31,33-34H,8-9H2,1-3H3/t13-,16-,21-,26+/m0/s1. The molecular formula is C26H25NO8. The number of allylic oxidation sites excluding steroid dienone is 1. The Hall–Kier alpha value is -3.69. The lowest BCUT2D eigenvalue weighted by molar-refractivity contribution is -0.148. The van der Waals surface area contributed by atoms with Gasteiger partial charge in [-0.1, -0.05) is 6.07 Å². The third kappa shape index (κ3) is 2.98. The van der Waals surface area contributed by atoms with Crippen LogP contribution in [0.25, 0.3) is 11.1 Å². The lowest BCUT2D eigenvalue weighted by atomic mass is 9.58. The Morgan fingerprint density at radius 2 is 1.86 bits per heavy atom. The van der Waals surface area contributed by atoms with Crippen molar-refractivity contribution >= 4 is 17.3 Å². The molecule has 0 bridgehead atoms. The van der Waals surface area contributed by atoms with Crippen LogP contribution in [0, 0.1) is 11.8 Å². The average molecular weight is 479 g/mol. The number of aliphatic hydroxyl groups is 3. The van der Waals surface area contributed by atoms with E-state index in [1.54, 1.807) is 31.1 Å². The van der Waals surface area contributed by atoms with Crippen molar-refractivity contribution in [2.24, 2.45) is 11.8 Å². The molecule has 9 nitrogen and oxygen atoms in total. The largest absolute Gasteiger partial charge is 0.510 e. The van der Waals surface area contributed by atoms with Crippen molar-refractivity contribution in [2.75, 3.05) is 14.1 Å². The van der Waals surface area contributed by atoms with Crippen LogP contribution in [-0.2, 0) is 16.0 Å². The zero-order chi connectivity index (χ0) is 25.4. The van der Waals surface area contributed by atoms with Crippen LogP contribution >= 0.6 is 0 Å². The van der Waals surface area contributed by atoms with Crippen LogP contribution in [0.1, 0.15) is 29.3 Å². The molecule has 3 aliphatic rings. The Labute approximate surface area is 200 Å². The summed E-state index contributed by atoms with van der Waals surface area (Å²) < 4.78 is 5.18. The second-order valence-electron chi connectivity index (χ2n) is 9.65. The maximum absolute atomic E-state index is 13.7. The number of hydrogen-bond donors (Lipinski definition) is 4. The SMILES string of the molecule is CC(=O)C1=C(O)[C@@H](N(C)C)[C@@H]2C[C@@H]3Cc4c(-c5ccoc5)ccc(O)c4C(=O)C3=C(O)[C@]2(O)C1=O. The number of phenolic OH excluding ortho intramolecular Hbond substituents is 1. The Balaban J connectivity index is 1.74. The van der Waals surface area contributed by atoms with E-state index in [1.807, 2.05) is 0 Å². The number of fused-ring (bicyclic) bond motifs is 3. The molecule has 0 amide bonds. The Bertz CT molecular complexity index is 1350. The average Bonchev–Trinajstić information content (AvgIpc) is 3.30. The molecule has 0 radical (unpaired) electrons. The van der Waals surface area contributed by atoms with Crippen LogP contribution in [0.2, 0.25) is 0 Å². The summed E-state index contributed by atoms with van der Waals surface area (Å²) in [6.45, 7) is 1.09. The maximum atomic E-state index is 13.7. The lowest BCUT2D eigenvalue weighted by Crippen LogP contribution is -2.63. The number of furan rings is 1. The van der Waals surface area contributed by atoms with Gasteiger partial charge in [0.15, 0.2) is 17.2 Å². The molecule has 9 heteroatoms. The highest BCUT2D eigenvalue weighted by molar-refractivity contribution is 6.25. The second kappa shape index (κ2) is 7.66. The van der Waals surface area contributed by atoms with Gasteiger partial charge in [-0.15, -0.1) is 0 Å². The van der Waals surface area contributed by atoms with Crippen LogP contribution < -0.4 is 0 Å². The van der Waals surface area contributed by atoms with E-state index in [-0.39, 0.29) is 29.7 Å². The van der Waals surface area contributed by atoms with Gasteiger partial charge in [-0.25, -0.2) is 0 Å². The Morgan fingerprint density at radius 3 is 2.46 bits per heavy atom. The second-order valence-corrected chi connectivity index (χ2v) is 9.65. The van der Waals surface area contributed by atoms with Crippen LogP contribution in [0.3, 0.4) is 0 Å². The number of benzene rings is 1. The summed E-state index contributed by atoms with van der Waals surface area (Å²) in [4.78, 5) is 40.8. The number of nitrogens with zero attached hydrogens (tertiary/aromatic N) is 1. The first-order valence-electron chi connectivity index (χ1n) is 11.2. The fourth-order valence-electron chi connectivity index (χ4n) is 6.04. The van der Waals surface area contributed by atoms with Crippen molar-refractivity contribution < 1.29 is 39.2 Å². The minimum atomic E-state index is -2.57. The van der Waals surface area contributed by atoms with Gasteiger partial charge in [0.25, 0.3) is 0 Å². The van der Waals surface area contributed by atoms with Crippen LogP contribution in [0.5, 0.6) is 5.75 Å². The Kier molecular flexibility index (Phi) is 5.05. The molecule has 4 atom stereocenters. The normalized spacial score (nSPS) is 28.2. The van der Waals surface area contributed by atoms with Gasteiger partial charge in [0, 0.05) is 17.1 Å². The maximum Gasteiger partial charge on any atom is 0.209 e. The third-order valence-corrected chi connectivity index (χ3v) is 7.54. The predicted molar refractivity (Wildman–Crippen MR) is 123 cm³/mol. The molecule has 2 aromatic rings. The van der Waals surface area contributed by atoms with E-state index in [0.29, 0.717) is 16.7 Å². The van der Waals surface area contributed by atoms with Gasteiger partial charge in [-0.2, -0.15) is 0 Å². The fraction of sp³-hybridized carbons (Fsp3) is 0.346. The van der Waals surface area contributed by atoms with Crippen LogP contribution in [0.4, 0.5) is 0 Å². The van der Waals surface area contributed by atoms with Crippen molar-refractivity contribution in [3.63, 3.8) is 0 Å². The van der Waals surface area contributed by atoms with Gasteiger partial charge in [-0.05, 0) is 63.0 Å². The first kappa shape index (κ1) is 23.1. The number of rotatable bonds is 3. The molecule has 0 aliphatic heterocycles. The van der Waals surface area contributed by atoms with Gasteiger partial charge in [0.05, 0.1) is 24.1 Å². The van der Waals surface area contributed by atoms with E-state index in [1.165, 1.54) is 18.6 Å². The number of carbonyl (C=O) groups is 3. The summed E-state index contributed by atoms with van der Waals surface area (Å²) in [5.74, 6) is -5.78. The molecule has 35 heavy (non-hydrogen) atoms. The first-order valence-corrected chi connectivity index (χ1v) is 11.2. The van der Waals surface area contributed by atoms with Crippen molar-refractivity contribution in [3.05, 3.63) is 64.5 Å². The van der Waals surface area contributed by atoms with E-state index in [0.717, 1.165) is 6.92 Å². The summed E-state index contributed by atoms with van der Waals surface area (Å²) in [5, 5.41) is 44.4. The number of Topliss-reactive ketones (excluding diaryl/α,β-unsaturated/α-hetero) is 3. The molecule has 0 fully saturated rings. The highest BCUT2D eigenvalue weighted by Gasteiger charge is 2.63. The molecule has 1 aromatic carbocycles. The van der Waals surface area contributed by atoms with Crippen molar-refractivity contribution in [1.29, 1.82) is 0 Å². The van der Waals surface area contributed by atoms with Crippen molar-refractivity contribution in [3.8, 4) is 16.9 Å². The number of aromatic hydroxyl groups is 1. The molecule has 182 valence electrons. The predicted octanol–water partition coefficient (Wildman–Crippen LogP) is 2.48. The number of aliphatic hydroxyl groups excluding tert-OH is 2. The highest BCUT2D eigenvalue weighted by atomic mass is 16.3. The molecule has 0 unspecified atom stereocenters. The van der Waals surface area contributed by atoms with Gasteiger partial charge in [0.1, 0.15) is 22.8 Å². The number of ketones is 3. The summed E-state index contributed by atoms with van der Waals surface area (Å²) in [6, 6.07) is 3.84. The lowest BCUT2D eigenvalue weighted by Gasteiger charge is -2.50. The number of phenols is 1. The van der Waals surface area contributed by atoms with Gasteiger partial charge < -0.3 is 24.8 Å². The van der Waals surface area contributed by atoms with E-state index in [9.17, 15) is 34.8 Å². The summed E-state index contributed by atoms with van der Waals surface area (Å²) in [6.07, 6.45) is 3.33. The fourth-order valence-corrected chi connectivity index (χ4v) is 6.04. The monoisotopic (exact) mass is 479 g/mol. The van der Waals surface area contributed by atoms with E-state index in [4.69, 9.17) is 4.42 Å². The van der Waals surface area contributed by atoms with Crippen molar-refractivity contribution in [1.82, 2.24) is 4.90 Å². The van der Waals surface area contributed by atoms with Gasteiger partial charge in [-0.3, -0.25) is 19.3 Å². The number of hydrogen-bond acceptors (Lipinski definition) is 9. The quantitative estimate of drug-likeness (QED) is 0.487. The molecule has 3 aliphatic carbocycles. The minimum absolute atomic E-state index is 0.0128. The number of likely N-dealkylation sites (N-methyl/N-ethyl adjacent to an activating group) is 1. The Morgan fingerprint density at radius 1 is 1.14 bits per heavy atom. The summed E-state index contributed by atoms with van der Waals surface area (Å²) >= 11 is 0. The van der Waals surface area contributed by atoms with Crippen molar-refractivity contribution in [2.45, 2.75) is 31.4 Å². The van der Waals surface area contributed by atoms with Crippen LogP contribution in [0.15, 0.2) is 57.8 Å². The molecule has 1 heterocycles. The zero-order valence-corrected chi connectivity index (χ0v) is 19.4. The molecular weight excluding hydrogens is 454 g/mol.